The van der Waals surface area contributed by atoms with Gasteiger partial charge in [0.15, 0.2) is 0 Å². The first kappa shape index (κ1) is 14.6. The second-order valence-electron chi connectivity index (χ2n) is 3.67. The molecule has 3 N–H and O–H groups in total. The van der Waals surface area contributed by atoms with Crippen LogP contribution < -0.4 is 5.32 Å². The highest BCUT2D eigenvalue weighted by Crippen LogP contribution is 2.18. The lowest BCUT2D eigenvalue weighted by molar-refractivity contribution is -0.143. The second kappa shape index (κ2) is 5.96. The fourth-order valence-electron chi connectivity index (χ4n) is 1.46. The van der Waals surface area contributed by atoms with Crippen LogP contribution in [0.5, 0.6) is 0 Å². The predicted octanol–water partition coefficient (Wildman–Crippen LogP) is -0.534. The van der Waals surface area contributed by atoms with Crippen LogP contribution in [0.4, 0.5) is 5.82 Å². The van der Waals surface area contributed by atoms with Crippen LogP contribution in [0.3, 0.4) is 0 Å². The number of carbonyl (C=O) groups excluding carboxylic acids is 1. The van der Waals surface area contributed by atoms with Gasteiger partial charge in [-0.15, -0.1) is 0 Å². The van der Waals surface area contributed by atoms with Crippen molar-refractivity contribution in [2.45, 2.75) is 6.92 Å². The van der Waals surface area contributed by atoms with E-state index in [4.69, 9.17) is 10.2 Å². The van der Waals surface area contributed by atoms with Crippen LogP contribution in [0.2, 0.25) is 0 Å². The Labute approximate surface area is 107 Å². The van der Waals surface area contributed by atoms with Crippen molar-refractivity contribution in [2.24, 2.45) is 7.05 Å². The van der Waals surface area contributed by atoms with Crippen molar-refractivity contribution < 1.29 is 29.3 Å². The van der Waals surface area contributed by atoms with Crippen molar-refractivity contribution in [1.82, 2.24) is 9.78 Å². The van der Waals surface area contributed by atoms with Crippen molar-refractivity contribution in [1.29, 1.82) is 0 Å². The number of nitrogens with zero attached hydrogens (tertiary/aromatic N) is 2. The molecule has 0 saturated carbocycles. The number of carboxylic acids is 2. The van der Waals surface area contributed by atoms with E-state index in [0.717, 1.165) is 0 Å². The molecule has 0 bridgehead atoms. The summed E-state index contributed by atoms with van der Waals surface area (Å²) >= 11 is 0. The molecule has 9 heteroatoms. The maximum atomic E-state index is 11.5. The van der Waals surface area contributed by atoms with Crippen LogP contribution in [0.1, 0.15) is 16.1 Å². The van der Waals surface area contributed by atoms with Gasteiger partial charge in [-0.3, -0.25) is 9.48 Å². The monoisotopic (exact) mass is 271 g/mol. The van der Waals surface area contributed by atoms with Gasteiger partial charge in [0.05, 0.1) is 5.69 Å². The number of carbonyl (C=O) groups is 3. The number of ether oxygens (including phenoxy) is 1. The summed E-state index contributed by atoms with van der Waals surface area (Å²) < 4.78 is 5.80. The highest BCUT2D eigenvalue weighted by Gasteiger charge is 2.21. The zero-order valence-electron chi connectivity index (χ0n) is 10.3. The van der Waals surface area contributed by atoms with E-state index in [0.29, 0.717) is 0 Å². The number of aryl methyl sites for hydroxylation is 2. The number of nitrogens with one attached hydrogen (secondary N) is 1. The van der Waals surface area contributed by atoms with Gasteiger partial charge < -0.3 is 20.3 Å². The van der Waals surface area contributed by atoms with Crippen molar-refractivity contribution in [3.8, 4) is 0 Å². The van der Waals surface area contributed by atoms with E-state index in [1.165, 1.54) is 18.7 Å². The number of anilines is 1. The molecule has 0 aliphatic heterocycles. The molecular weight excluding hydrogens is 258 g/mol. The van der Waals surface area contributed by atoms with Crippen LogP contribution in [0.15, 0.2) is 0 Å². The molecule has 0 radical (unpaired) electrons. The topological polar surface area (TPSA) is 131 Å². The van der Waals surface area contributed by atoms with Crippen LogP contribution in [0.25, 0.3) is 0 Å². The lowest BCUT2D eigenvalue weighted by atomic mass is 10.2. The normalized spacial score (nSPS) is 10.2. The van der Waals surface area contributed by atoms with E-state index in [2.05, 4.69) is 15.2 Å². The number of aliphatic carboxylic acids is 1. The summed E-state index contributed by atoms with van der Waals surface area (Å²) in [7, 11) is 1.48. The van der Waals surface area contributed by atoms with Crippen LogP contribution in [-0.2, 0) is 21.4 Å². The lowest BCUT2D eigenvalue weighted by Crippen LogP contribution is -2.23. The SMILES string of the molecule is Cc1nn(C)c(NC(=O)COCC(=O)O)c1C(=O)O. The molecule has 1 amide bonds. The van der Waals surface area contributed by atoms with Gasteiger partial charge in [0.2, 0.25) is 0 Å². The third-order valence-corrected chi connectivity index (χ3v) is 2.15. The third-order valence-electron chi connectivity index (χ3n) is 2.15. The van der Waals surface area contributed by atoms with Gasteiger partial charge in [0, 0.05) is 7.05 Å². The molecule has 1 aromatic heterocycles. The van der Waals surface area contributed by atoms with E-state index < -0.39 is 31.1 Å². The summed E-state index contributed by atoms with van der Waals surface area (Å²) in [6.07, 6.45) is 0. The Hall–Kier alpha value is -2.42. The van der Waals surface area contributed by atoms with Crippen LogP contribution in [0, 0.1) is 6.92 Å². The first-order chi connectivity index (χ1) is 8.82. The molecule has 1 heterocycles. The molecule has 0 atom stereocenters. The number of carboxylic acid groups (broad SMARTS) is 2. The fourth-order valence-corrected chi connectivity index (χ4v) is 1.46. The zero-order valence-corrected chi connectivity index (χ0v) is 10.3. The molecule has 0 fully saturated rings. The Balaban J connectivity index is 2.74. The molecule has 0 saturated heterocycles. The number of hydrogen-bond acceptors (Lipinski definition) is 5. The summed E-state index contributed by atoms with van der Waals surface area (Å²) in [4.78, 5) is 32.7. The van der Waals surface area contributed by atoms with Crippen LogP contribution >= 0.6 is 0 Å². The molecule has 0 aliphatic carbocycles. The number of hydrogen-bond donors (Lipinski definition) is 3. The average molecular weight is 271 g/mol. The van der Waals surface area contributed by atoms with Gasteiger partial charge in [0.1, 0.15) is 24.6 Å². The van der Waals surface area contributed by atoms with E-state index in [-0.39, 0.29) is 17.1 Å². The van der Waals surface area contributed by atoms with Gasteiger partial charge in [-0.05, 0) is 6.92 Å². The molecule has 1 aromatic rings. The van der Waals surface area contributed by atoms with Gasteiger partial charge in [-0.2, -0.15) is 5.10 Å². The second-order valence-corrected chi connectivity index (χ2v) is 3.67. The molecule has 9 nitrogen and oxygen atoms in total. The maximum absolute atomic E-state index is 11.5. The van der Waals surface area contributed by atoms with Crippen LogP contribution in [-0.4, -0.2) is 51.1 Å². The molecule has 0 aromatic carbocycles. The number of aromatic carboxylic acids is 1. The Bertz CT molecular complexity index is 522. The molecule has 0 aliphatic rings. The molecule has 19 heavy (non-hydrogen) atoms. The maximum Gasteiger partial charge on any atom is 0.341 e. The molecular formula is C10H13N3O6. The Morgan fingerprint density at radius 3 is 2.47 bits per heavy atom. The minimum Gasteiger partial charge on any atom is -0.480 e. The highest BCUT2D eigenvalue weighted by atomic mass is 16.5. The Morgan fingerprint density at radius 2 is 1.95 bits per heavy atom. The highest BCUT2D eigenvalue weighted by molar-refractivity contribution is 6.00. The minimum absolute atomic E-state index is 0.0222. The first-order valence-electron chi connectivity index (χ1n) is 5.19. The average Bonchev–Trinajstić information content (AvgIpc) is 2.53. The van der Waals surface area contributed by atoms with Crippen molar-refractivity contribution in [2.75, 3.05) is 18.5 Å². The van der Waals surface area contributed by atoms with E-state index in [9.17, 15) is 14.4 Å². The smallest absolute Gasteiger partial charge is 0.341 e. The lowest BCUT2D eigenvalue weighted by Gasteiger charge is -2.06. The standard InChI is InChI=1S/C10H13N3O6/c1-5-8(10(17)18)9(13(2)12-5)11-6(14)3-19-4-7(15)16/h3-4H2,1-2H3,(H,11,14)(H,15,16)(H,17,18). The van der Waals surface area contributed by atoms with E-state index in [1.54, 1.807) is 0 Å². The first-order valence-corrected chi connectivity index (χ1v) is 5.19. The summed E-state index contributed by atoms with van der Waals surface area (Å²) in [6.45, 7) is 0.402. The van der Waals surface area contributed by atoms with E-state index in [1.807, 2.05) is 0 Å². The fraction of sp³-hybridized carbons (Fsp3) is 0.400. The molecule has 0 spiro atoms. The Kier molecular flexibility index (Phi) is 4.59. The predicted molar refractivity (Wildman–Crippen MR) is 62.0 cm³/mol. The number of aromatic nitrogens is 2. The Morgan fingerprint density at radius 1 is 1.32 bits per heavy atom. The largest absolute Gasteiger partial charge is 0.480 e. The molecule has 1 rings (SSSR count). The van der Waals surface area contributed by atoms with E-state index >= 15 is 0 Å². The van der Waals surface area contributed by atoms with Gasteiger partial charge in [-0.25, -0.2) is 9.59 Å². The van der Waals surface area contributed by atoms with Crippen molar-refractivity contribution in [3.63, 3.8) is 0 Å². The number of rotatable bonds is 6. The summed E-state index contributed by atoms with van der Waals surface area (Å²) in [5, 5.41) is 23.5. The minimum atomic E-state index is -1.22. The summed E-state index contributed by atoms with van der Waals surface area (Å²) in [5.41, 5.74) is 0.144. The van der Waals surface area contributed by atoms with Gasteiger partial charge in [0.25, 0.3) is 5.91 Å². The summed E-state index contributed by atoms with van der Waals surface area (Å²) in [5.74, 6) is -3.05. The molecule has 0 unspecified atom stereocenters. The van der Waals surface area contributed by atoms with Crippen molar-refractivity contribution >= 4 is 23.7 Å². The quantitative estimate of drug-likeness (QED) is 0.633. The molecule has 104 valence electrons. The third kappa shape index (κ3) is 3.78. The van der Waals surface area contributed by atoms with Gasteiger partial charge in [-0.1, -0.05) is 0 Å². The zero-order chi connectivity index (χ0) is 14.6. The van der Waals surface area contributed by atoms with Crippen molar-refractivity contribution in [3.05, 3.63) is 11.3 Å². The van der Waals surface area contributed by atoms with Gasteiger partial charge >= 0.3 is 11.9 Å². The summed E-state index contributed by atoms with van der Waals surface area (Å²) in [6, 6.07) is 0. The number of amides is 1.